The number of aromatic nitrogens is 4. The van der Waals surface area contributed by atoms with Crippen LogP contribution >= 0.6 is 0 Å². The fourth-order valence-corrected chi connectivity index (χ4v) is 2.96. The number of nitrogens with one attached hydrogen (secondary N) is 1. The van der Waals surface area contributed by atoms with Crippen LogP contribution in [0, 0.1) is 12.3 Å². The Hall–Kier alpha value is -2.76. The Morgan fingerprint density at radius 2 is 2.08 bits per heavy atom. The molecule has 0 bridgehead atoms. The maximum Gasteiger partial charge on any atom is 0.230 e. The van der Waals surface area contributed by atoms with Crippen LogP contribution in [0.3, 0.4) is 0 Å². The van der Waals surface area contributed by atoms with Crippen molar-refractivity contribution >= 4 is 17.2 Å². The lowest BCUT2D eigenvalue weighted by molar-refractivity contribution is -0.121. The molecule has 1 aliphatic rings. The highest BCUT2D eigenvalue weighted by molar-refractivity contribution is 5.97. The Bertz CT molecular complexity index is 926. The molecule has 4 rings (SSSR count). The van der Waals surface area contributed by atoms with Crippen LogP contribution in [0.15, 0.2) is 36.4 Å². The second kappa shape index (κ2) is 5.40. The lowest BCUT2D eigenvalue weighted by Gasteiger charge is -2.13. The summed E-state index contributed by atoms with van der Waals surface area (Å²) >= 11 is 0. The highest BCUT2D eigenvalue weighted by atomic mass is 16.2. The molecular formula is C18H19N5O. The monoisotopic (exact) mass is 321 g/mol. The standard InChI is InChI=1S/C18H19N5O/c1-3-18(9-10-18)17(24)19-14-6-4-5-13(11-14)15-7-8-16-21-20-12(2)23(16)22-15/h4-8,11H,3,9-10H2,1-2H3,(H,19,24). The molecule has 0 spiro atoms. The normalized spacial score (nSPS) is 15.4. The minimum Gasteiger partial charge on any atom is -0.326 e. The van der Waals surface area contributed by atoms with Gasteiger partial charge in [0.15, 0.2) is 11.5 Å². The van der Waals surface area contributed by atoms with Crippen molar-refractivity contribution in [3.8, 4) is 11.3 Å². The minimum absolute atomic E-state index is 0.125. The van der Waals surface area contributed by atoms with Gasteiger partial charge in [0.25, 0.3) is 0 Å². The summed E-state index contributed by atoms with van der Waals surface area (Å²) in [7, 11) is 0. The van der Waals surface area contributed by atoms with E-state index in [-0.39, 0.29) is 11.3 Å². The fraction of sp³-hybridized carbons (Fsp3) is 0.333. The highest BCUT2D eigenvalue weighted by Crippen LogP contribution is 2.49. The van der Waals surface area contributed by atoms with Gasteiger partial charge in [0.2, 0.25) is 5.91 Å². The van der Waals surface area contributed by atoms with Gasteiger partial charge in [-0.15, -0.1) is 10.2 Å². The van der Waals surface area contributed by atoms with E-state index in [2.05, 4.69) is 27.5 Å². The second-order valence-corrected chi connectivity index (χ2v) is 6.40. The quantitative estimate of drug-likeness (QED) is 0.801. The molecule has 1 fully saturated rings. The number of rotatable bonds is 4. The maximum absolute atomic E-state index is 12.4. The van der Waals surface area contributed by atoms with Crippen molar-refractivity contribution in [1.82, 2.24) is 19.8 Å². The number of carbonyl (C=O) groups is 1. The molecule has 1 N–H and O–H groups in total. The van der Waals surface area contributed by atoms with Crippen LogP contribution < -0.4 is 5.32 Å². The third-order valence-corrected chi connectivity index (χ3v) is 4.85. The van der Waals surface area contributed by atoms with Gasteiger partial charge in [0.05, 0.1) is 5.69 Å². The number of amides is 1. The molecule has 2 heterocycles. The van der Waals surface area contributed by atoms with Gasteiger partial charge in [-0.1, -0.05) is 19.1 Å². The van der Waals surface area contributed by atoms with Crippen molar-refractivity contribution in [3.63, 3.8) is 0 Å². The van der Waals surface area contributed by atoms with E-state index in [1.54, 1.807) is 4.52 Å². The Balaban J connectivity index is 1.64. The van der Waals surface area contributed by atoms with Gasteiger partial charge >= 0.3 is 0 Å². The summed E-state index contributed by atoms with van der Waals surface area (Å²) in [6.07, 6.45) is 2.87. The average molecular weight is 321 g/mol. The first-order chi connectivity index (χ1) is 11.6. The molecule has 6 heteroatoms. The van der Waals surface area contributed by atoms with Gasteiger partial charge in [-0.2, -0.15) is 9.61 Å². The van der Waals surface area contributed by atoms with E-state index in [4.69, 9.17) is 0 Å². The Morgan fingerprint density at radius 3 is 2.83 bits per heavy atom. The number of anilines is 1. The number of nitrogens with zero attached hydrogens (tertiary/aromatic N) is 4. The van der Waals surface area contributed by atoms with Crippen molar-refractivity contribution < 1.29 is 4.79 Å². The van der Waals surface area contributed by atoms with Crippen molar-refractivity contribution in [2.75, 3.05) is 5.32 Å². The second-order valence-electron chi connectivity index (χ2n) is 6.40. The topological polar surface area (TPSA) is 72.2 Å². The first-order valence-electron chi connectivity index (χ1n) is 8.22. The van der Waals surface area contributed by atoms with Crippen LogP contribution in [0.25, 0.3) is 16.9 Å². The van der Waals surface area contributed by atoms with Crippen LogP contribution in [0.5, 0.6) is 0 Å². The van der Waals surface area contributed by atoms with Gasteiger partial charge < -0.3 is 5.32 Å². The number of aryl methyl sites for hydroxylation is 1. The number of fused-ring (bicyclic) bond motifs is 1. The summed E-state index contributed by atoms with van der Waals surface area (Å²) in [4.78, 5) is 12.4. The molecule has 3 aromatic rings. The molecule has 0 unspecified atom stereocenters. The molecule has 0 radical (unpaired) electrons. The molecule has 2 aromatic heterocycles. The zero-order chi connectivity index (χ0) is 16.7. The predicted molar refractivity (Wildman–Crippen MR) is 91.5 cm³/mol. The van der Waals surface area contributed by atoms with E-state index in [9.17, 15) is 4.79 Å². The average Bonchev–Trinajstić information content (AvgIpc) is 3.33. The molecule has 122 valence electrons. The predicted octanol–water partition coefficient (Wildman–Crippen LogP) is 3.23. The molecule has 6 nitrogen and oxygen atoms in total. The Kier molecular flexibility index (Phi) is 3.33. The van der Waals surface area contributed by atoms with Crippen LogP contribution in [0.2, 0.25) is 0 Å². The number of benzene rings is 1. The fourth-order valence-electron chi connectivity index (χ4n) is 2.96. The first-order valence-corrected chi connectivity index (χ1v) is 8.22. The zero-order valence-electron chi connectivity index (χ0n) is 13.8. The van der Waals surface area contributed by atoms with E-state index in [1.165, 1.54) is 0 Å². The number of hydrogen-bond acceptors (Lipinski definition) is 4. The largest absolute Gasteiger partial charge is 0.326 e. The van der Waals surface area contributed by atoms with Gasteiger partial charge in [0, 0.05) is 16.7 Å². The molecule has 0 atom stereocenters. The van der Waals surface area contributed by atoms with E-state index < -0.39 is 0 Å². The third kappa shape index (κ3) is 2.44. The van der Waals surface area contributed by atoms with Crippen LogP contribution in [0.4, 0.5) is 5.69 Å². The summed E-state index contributed by atoms with van der Waals surface area (Å²) in [6.45, 7) is 3.94. The van der Waals surface area contributed by atoms with E-state index in [0.29, 0.717) is 0 Å². The molecule has 0 aliphatic heterocycles. The summed E-state index contributed by atoms with van der Waals surface area (Å²) in [5, 5.41) is 15.7. The lowest BCUT2D eigenvalue weighted by atomic mass is 10.0. The summed E-state index contributed by atoms with van der Waals surface area (Å²) in [6, 6.07) is 11.6. The molecule has 1 saturated carbocycles. The minimum atomic E-state index is -0.146. The Morgan fingerprint density at radius 1 is 1.25 bits per heavy atom. The lowest BCUT2D eigenvalue weighted by Crippen LogP contribution is -2.23. The molecule has 24 heavy (non-hydrogen) atoms. The molecule has 0 saturated heterocycles. The van der Waals surface area contributed by atoms with Crippen molar-refractivity contribution in [2.24, 2.45) is 5.41 Å². The number of carbonyl (C=O) groups excluding carboxylic acids is 1. The van der Waals surface area contributed by atoms with Gasteiger partial charge in [-0.3, -0.25) is 4.79 Å². The van der Waals surface area contributed by atoms with Gasteiger partial charge in [-0.25, -0.2) is 0 Å². The smallest absolute Gasteiger partial charge is 0.230 e. The summed E-state index contributed by atoms with van der Waals surface area (Å²) in [5.74, 6) is 0.871. The first kappa shape index (κ1) is 14.8. The van der Waals surface area contributed by atoms with Crippen molar-refractivity contribution in [3.05, 3.63) is 42.2 Å². The van der Waals surface area contributed by atoms with E-state index in [1.807, 2.05) is 43.3 Å². The molecule has 1 aromatic carbocycles. The van der Waals surface area contributed by atoms with Crippen LogP contribution in [0.1, 0.15) is 32.0 Å². The Labute approximate surface area is 139 Å². The zero-order valence-corrected chi connectivity index (χ0v) is 13.8. The molecule has 1 amide bonds. The SMILES string of the molecule is CCC1(C(=O)Nc2cccc(-c3ccc4nnc(C)n4n3)c2)CC1. The molecular weight excluding hydrogens is 302 g/mol. The summed E-state index contributed by atoms with van der Waals surface area (Å²) in [5.41, 5.74) is 3.15. The van der Waals surface area contributed by atoms with E-state index in [0.717, 1.165) is 47.7 Å². The van der Waals surface area contributed by atoms with Crippen molar-refractivity contribution in [2.45, 2.75) is 33.1 Å². The number of hydrogen-bond donors (Lipinski definition) is 1. The van der Waals surface area contributed by atoms with Crippen molar-refractivity contribution in [1.29, 1.82) is 0 Å². The maximum atomic E-state index is 12.4. The molecule has 1 aliphatic carbocycles. The third-order valence-electron chi connectivity index (χ3n) is 4.85. The van der Waals surface area contributed by atoms with Gasteiger partial charge in [0.1, 0.15) is 0 Å². The van der Waals surface area contributed by atoms with Gasteiger partial charge in [-0.05, 0) is 50.5 Å². The summed E-state index contributed by atoms with van der Waals surface area (Å²) < 4.78 is 1.72. The van der Waals surface area contributed by atoms with Crippen LogP contribution in [-0.2, 0) is 4.79 Å². The van der Waals surface area contributed by atoms with Crippen LogP contribution in [-0.4, -0.2) is 25.7 Å². The van der Waals surface area contributed by atoms with E-state index >= 15 is 0 Å². The highest BCUT2D eigenvalue weighted by Gasteiger charge is 2.47.